The molecular formula is C16H16ClO5P. The van der Waals surface area contributed by atoms with Crippen LogP contribution in [0.3, 0.4) is 0 Å². The molecule has 0 radical (unpaired) electrons. The van der Waals surface area contributed by atoms with E-state index in [-0.39, 0.29) is 18.1 Å². The zero-order chi connectivity index (χ0) is 16.7. The van der Waals surface area contributed by atoms with Crippen LogP contribution in [0.4, 0.5) is 0 Å². The fourth-order valence-corrected chi connectivity index (χ4v) is 3.40. The number of carbonyl (C=O) groups excluding carboxylic acids is 1. The van der Waals surface area contributed by atoms with Gasteiger partial charge in [-0.2, -0.15) is 0 Å². The van der Waals surface area contributed by atoms with Crippen molar-refractivity contribution in [1.82, 2.24) is 0 Å². The number of rotatable bonds is 7. The number of carbonyl (C=O) groups is 1. The van der Waals surface area contributed by atoms with Crippen LogP contribution in [0.25, 0.3) is 0 Å². The lowest BCUT2D eigenvalue weighted by molar-refractivity contribution is -0.141. The molecule has 0 saturated heterocycles. The summed E-state index contributed by atoms with van der Waals surface area (Å²) in [5.41, 5.74) is 0. The number of hydrogen-bond acceptors (Lipinski definition) is 5. The fourth-order valence-electron chi connectivity index (χ4n) is 1.71. The van der Waals surface area contributed by atoms with E-state index in [9.17, 15) is 9.36 Å². The van der Waals surface area contributed by atoms with Gasteiger partial charge < -0.3 is 13.8 Å². The SMILES string of the molecule is CCOC(=O)C(Cl)P(=O)(Oc1ccccc1)Oc1ccccc1. The van der Waals surface area contributed by atoms with E-state index in [4.69, 9.17) is 25.4 Å². The predicted octanol–water partition coefficient (Wildman–Crippen LogP) is 4.47. The quantitative estimate of drug-likeness (QED) is 0.417. The Morgan fingerprint density at radius 1 is 1.00 bits per heavy atom. The van der Waals surface area contributed by atoms with E-state index >= 15 is 0 Å². The minimum atomic E-state index is -4.05. The maximum absolute atomic E-state index is 13.1. The van der Waals surface area contributed by atoms with Crippen molar-refractivity contribution in [2.75, 3.05) is 6.61 Å². The van der Waals surface area contributed by atoms with Crippen molar-refractivity contribution in [2.24, 2.45) is 0 Å². The normalized spacial score (nSPS) is 12.3. The molecule has 2 aromatic rings. The number of esters is 1. The Balaban J connectivity index is 2.29. The average Bonchev–Trinajstić information content (AvgIpc) is 2.56. The van der Waals surface area contributed by atoms with Gasteiger partial charge in [-0.25, -0.2) is 9.36 Å². The third-order valence-electron chi connectivity index (χ3n) is 2.71. The highest BCUT2D eigenvalue weighted by molar-refractivity contribution is 7.58. The molecule has 122 valence electrons. The lowest BCUT2D eigenvalue weighted by atomic mass is 10.3. The van der Waals surface area contributed by atoms with Crippen molar-refractivity contribution >= 4 is 25.2 Å². The highest BCUT2D eigenvalue weighted by atomic mass is 35.5. The van der Waals surface area contributed by atoms with Crippen LogP contribution < -0.4 is 9.05 Å². The summed E-state index contributed by atoms with van der Waals surface area (Å²) in [6, 6.07) is 16.7. The Morgan fingerprint density at radius 3 is 1.83 bits per heavy atom. The maximum atomic E-state index is 13.1. The van der Waals surface area contributed by atoms with E-state index in [1.165, 1.54) is 0 Å². The Bertz CT molecular complexity index is 632. The Morgan fingerprint density at radius 2 is 1.43 bits per heavy atom. The summed E-state index contributed by atoms with van der Waals surface area (Å²) in [7, 11) is -4.05. The van der Waals surface area contributed by atoms with E-state index in [2.05, 4.69) is 0 Å². The van der Waals surface area contributed by atoms with Gasteiger partial charge in [-0.3, -0.25) is 0 Å². The minimum Gasteiger partial charge on any atom is -0.464 e. The van der Waals surface area contributed by atoms with Gasteiger partial charge in [-0.1, -0.05) is 48.0 Å². The van der Waals surface area contributed by atoms with E-state index in [0.717, 1.165) is 0 Å². The van der Waals surface area contributed by atoms with Crippen LogP contribution in [0.1, 0.15) is 6.92 Å². The molecule has 0 amide bonds. The van der Waals surface area contributed by atoms with Crippen LogP contribution in [-0.4, -0.2) is 17.7 Å². The monoisotopic (exact) mass is 354 g/mol. The number of hydrogen-bond donors (Lipinski definition) is 0. The lowest BCUT2D eigenvalue weighted by Crippen LogP contribution is -2.23. The van der Waals surface area contributed by atoms with Gasteiger partial charge in [0.25, 0.3) is 5.12 Å². The van der Waals surface area contributed by atoms with Crippen molar-refractivity contribution in [3.05, 3.63) is 60.7 Å². The van der Waals surface area contributed by atoms with Gasteiger partial charge >= 0.3 is 13.6 Å². The topological polar surface area (TPSA) is 61.8 Å². The van der Waals surface area contributed by atoms with Crippen molar-refractivity contribution in [1.29, 1.82) is 0 Å². The Hall–Kier alpha value is -1.97. The van der Waals surface area contributed by atoms with Gasteiger partial charge in [0.2, 0.25) is 0 Å². The van der Waals surface area contributed by atoms with Crippen molar-refractivity contribution in [3.8, 4) is 11.5 Å². The molecule has 0 fully saturated rings. The molecule has 2 rings (SSSR count). The molecule has 0 aromatic heterocycles. The molecule has 0 heterocycles. The zero-order valence-corrected chi connectivity index (χ0v) is 14.1. The second-order valence-electron chi connectivity index (χ2n) is 4.44. The molecular weight excluding hydrogens is 339 g/mol. The summed E-state index contributed by atoms with van der Waals surface area (Å²) in [5, 5.41) is -1.58. The summed E-state index contributed by atoms with van der Waals surface area (Å²) in [6.45, 7) is 1.74. The summed E-state index contributed by atoms with van der Waals surface area (Å²) in [6.07, 6.45) is 0. The van der Waals surface area contributed by atoms with E-state index in [1.807, 2.05) is 0 Å². The molecule has 23 heavy (non-hydrogen) atoms. The van der Waals surface area contributed by atoms with Crippen LogP contribution >= 0.6 is 19.2 Å². The third-order valence-corrected chi connectivity index (χ3v) is 5.30. The molecule has 2 aromatic carbocycles. The van der Waals surface area contributed by atoms with Crippen LogP contribution in [0.15, 0.2) is 60.7 Å². The van der Waals surface area contributed by atoms with Crippen LogP contribution in [0.2, 0.25) is 0 Å². The van der Waals surface area contributed by atoms with E-state index in [0.29, 0.717) is 0 Å². The fraction of sp³-hybridized carbons (Fsp3) is 0.188. The second kappa shape index (κ2) is 8.04. The first-order chi connectivity index (χ1) is 11.0. The van der Waals surface area contributed by atoms with E-state index in [1.54, 1.807) is 67.6 Å². The largest absolute Gasteiger partial charge is 0.464 e. The van der Waals surface area contributed by atoms with Crippen molar-refractivity contribution in [2.45, 2.75) is 12.0 Å². The van der Waals surface area contributed by atoms with Gasteiger partial charge in [-0.05, 0) is 31.2 Å². The summed E-state index contributed by atoms with van der Waals surface area (Å²) >= 11 is 6.03. The van der Waals surface area contributed by atoms with Crippen LogP contribution in [0.5, 0.6) is 11.5 Å². The number of para-hydroxylation sites is 2. The Kier molecular flexibility index (Phi) is 6.08. The first kappa shape index (κ1) is 17.4. The average molecular weight is 355 g/mol. The lowest BCUT2D eigenvalue weighted by Gasteiger charge is -2.22. The van der Waals surface area contributed by atoms with Gasteiger partial charge in [0.15, 0.2) is 0 Å². The molecule has 1 unspecified atom stereocenters. The standard InChI is InChI=1S/C16H16ClO5P/c1-2-20-16(18)15(17)23(19,21-13-9-5-3-6-10-13)22-14-11-7-4-8-12-14/h3-12,15H,2H2,1H3. The molecule has 0 bridgehead atoms. The van der Waals surface area contributed by atoms with E-state index < -0.39 is 18.7 Å². The second-order valence-corrected chi connectivity index (χ2v) is 7.14. The number of benzene rings is 2. The minimum absolute atomic E-state index is 0.110. The summed E-state index contributed by atoms with van der Waals surface area (Å²) in [5.74, 6) is -0.298. The highest BCUT2D eigenvalue weighted by Crippen LogP contribution is 2.54. The number of alkyl halides is 1. The van der Waals surface area contributed by atoms with Crippen LogP contribution in [-0.2, 0) is 14.1 Å². The Labute approximate surface area is 139 Å². The molecule has 0 aliphatic heterocycles. The smallest absolute Gasteiger partial charge is 0.460 e. The molecule has 7 heteroatoms. The molecule has 0 saturated carbocycles. The maximum Gasteiger partial charge on any atom is 0.460 e. The number of ether oxygens (including phenoxy) is 1. The van der Waals surface area contributed by atoms with Crippen molar-refractivity contribution < 1.29 is 23.1 Å². The van der Waals surface area contributed by atoms with Gasteiger partial charge in [0.05, 0.1) is 6.61 Å². The molecule has 0 aliphatic rings. The molecule has 1 atom stereocenters. The molecule has 0 spiro atoms. The van der Waals surface area contributed by atoms with Gasteiger partial charge in [0, 0.05) is 0 Å². The summed E-state index contributed by atoms with van der Waals surface area (Å²) in [4.78, 5) is 11.9. The first-order valence-electron chi connectivity index (χ1n) is 6.95. The van der Waals surface area contributed by atoms with Crippen molar-refractivity contribution in [3.63, 3.8) is 0 Å². The molecule has 5 nitrogen and oxygen atoms in total. The molecule has 0 aliphatic carbocycles. The zero-order valence-electron chi connectivity index (χ0n) is 12.4. The van der Waals surface area contributed by atoms with Gasteiger partial charge in [0.1, 0.15) is 11.5 Å². The van der Waals surface area contributed by atoms with Crippen LogP contribution in [0, 0.1) is 0 Å². The number of halogens is 1. The predicted molar refractivity (Wildman–Crippen MR) is 88.0 cm³/mol. The first-order valence-corrected chi connectivity index (χ1v) is 8.99. The third kappa shape index (κ3) is 4.75. The summed E-state index contributed by atoms with van der Waals surface area (Å²) < 4.78 is 28.8. The molecule has 0 N–H and O–H groups in total. The highest BCUT2D eigenvalue weighted by Gasteiger charge is 2.44. The van der Waals surface area contributed by atoms with Gasteiger partial charge in [-0.15, -0.1) is 0 Å².